The van der Waals surface area contributed by atoms with E-state index in [-0.39, 0.29) is 6.10 Å². The molecule has 0 amide bonds. The molecule has 0 aromatic rings. The summed E-state index contributed by atoms with van der Waals surface area (Å²) in [6.07, 6.45) is 13.1. The van der Waals surface area contributed by atoms with E-state index < -0.39 is 6.10 Å². The molecule has 0 aromatic heterocycles. The second-order valence-electron chi connectivity index (χ2n) is 7.48. The molecule has 1 N–H and O–H groups in total. The summed E-state index contributed by atoms with van der Waals surface area (Å²) in [6, 6.07) is 0. The van der Waals surface area contributed by atoms with Crippen LogP contribution in [0.5, 0.6) is 0 Å². The van der Waals surface area contributed by atoms with Crippen molar-refractivity contribution in [2.24, 2.45) is 5.92 Å². The molecule has 0 radical (unpaired) electrons. The molecule has 3 heteroatoms. The van der Waals surface area contributed by atoms with Crippen molar-refractivity contribution in [3.05, 3.63) is 0 Å². The molecule has 0 aliphatic carbocycles. The first-order valence-electron chi connectivity index (χ1n) is 9.89. The number of hydrogen-bond donors (Lipinski definition) is 1. The van der Waals surface area contributed by atoms with Gasteiger partial charge in [-0.25, -0.2) is 0 Å². The Morgan fingerprint density at radius 1 is 0.696 bits per heavy atom. The van der Waals surface area contributed by atoms with Gasteiger partial charge in [0.1, 0.15) is 6.10 Å². The molecule has 0 fully saturated rings. The number of aliphatic hydroxyl groups excluding tert-OH is 1. The Hall–Kier alpha value is -0.120. The van der Waals surface area contributed by atoms with Crippen LogP contribution in [-0.2, 0) is 9.47 Å². The van der Waals surface area contributed by atoms with Crippen molar-refractivity contribution in [1.29, 1.82) is 0 Å². The van der Waals surface area contributed by atoms with Crippen LogP contribution in [-0.4, -0.2) is 37.1 Å². The molecule has 0 bridgehead atoms. The molecular formula is C20H42O3. The monoisotopic (exact) mass is 330 g/mol. The second-order valence-corrected chi connectivity index (χ2v) is 7.48. The summed E-state index contributed by atoms with van der Waals surface area (Å²) in [5.74, 6) is 0.862. The number of unbranched alkanes of at least 4 members (excludes halogenated alkanes) is 8. The average molecular weight is 331 g/mol. The Labute approximate surface area is 145 Å². The van der Waals surface area contributed by atoms with Crippen molar-refractivity contribution in [2.45, 2.75) is 104 Å². The van der Waals surface area contributed by atoms with Crippen molar-refractivity contribution in [3.63, 3.8) is 0 Å². The smallest absolute Gasteiger partial charge is 0.101 e. The first kappa shape index (κ1) is 22.9. The minimum absolute atomic E-state index is 0.167. The predicted molar refractivity (Wildman–Crippen MR) is 98.9 cm³/mol. The maximum atomic E-state index is 9.64. The van der Waals surface area contributed by atoms with E-state index >= 15 is 0 Å². The Morgan fingerprint density at radius 2 is 1.22 bits per heavy atom. The summed E-state index contributed by atoms with van der Waals surface area (Å²) >= 11 is 0. The van der Waals surface area contributed by atoms with Crippen LogP contribution in [0, 0.1) is 5.92 Å². The molecule has 0 aliphatic heterocycles. The van der Waals surface area contributed by atoms with Gasteiger partial charge >= 0.3 is 0 Å². The van der Waals surface area contributed by atoms with Crippen LogP contribution in [0.1, 0.15) is 91.9 Å². The van der Waals surface area contributed by atoms with E-state index in [0.29, 0.717) is 13.2 Å². The van der Waals surface area contributed by atoms with Crippen molar-refractivity contribution < 1.29 is 14.6 Å². The van der Waals surface area contributed by atoms with E-state index in [1.54, 1.807) is 0 Å². The predicted octanol–water partition coefficient (Wildman–Crippen LogP) is 5.35. The molecule has 0 saturated carbocycles. The van der Waals surface area contributed by atoms with Crippen molar-refractivity contribution >= 4 is 0 Å². The van der Waals surface area contributed by atoms with Crippen LogP contribution < -0.4 is 0 Å². The van der Waals surface area contributed by atoms with Crippen molar-refractivity contribution in [2.75, 3.05) is 19.8 Å². The summed E-state index contributed by atoms with van der Waals surface area (Å²) in [4.78, 5) is 0. The Bertz CT molecular complexity index is 229. The van der Waals surface area contributed by atoms with Gasteiger partial charge in [-0.1, -0.05) is 71.6 Å². The van der Waals surface area contributed by atoms with Gasteiger partial charge in [0.15, 0.2) is 0 Å². The number of hydrogen-bond acceptors (Lipinski definition) is 3. The minimum atomic E-state index is -0.493. The lowest BCUT2D eigenvalue weighted by Gasteiger charge is -2.13. The fourth-order valence-corrected chi connectivity index (χ4v) is 2.57. The van der Waals surface area contributed by atoms with Gasteiger partial charge in [0.05, 0.1) is 19.3 Å². The Balaban J connectivity index is 3.10. The third-order valence-electron chi connectivity index (χ3n) is 4.00. The van der Waals surface area contributed by atoms with Crippen LogP contribution in [0.3, 0.4) is 0 Å². The first-order chi connectivity index (χ1) is 11.0. The van der Waals surface area contributed by atoms with E-state index in [0.717, 1.165) is 18.9 Å². The van der Waals surface area contributed by atoms with E-state index in [1.165, 1.54) is 57.8 Å². The van der Waals surface area contributed by atoms with Gasteiger partial charge in [-0.3, -0.25) is 0 Å². The Morgan fingerprint density at radius 3 is 1.74 bits per heavy atom. The zero-order valence-corrected chi connectivity index (χ0v) is 16.2. The summed E-state index contributed by atoms with van der Waals surface area (Å²) in [6.45, 7) is 10.1. The van der Waals surface area contributed by atoms with Crippen LogP contribution >= 0.6 is 0 Å². The van der Waals surface area contributed by atoms with Crippen LogP contribution in [0.4, 0.5) is 0 Å². The van der Waals surface area contributed by atoms with E-state index in [9.17, 15) is 5.11 Å². The second kappa shape index (κ2) is 16.7. The fraction of sp³-hybridized carbons (Fsp3) is 1.00. The highest BCUT2D eigenvalue weighted by atomic mass is 16.5. The molecular weight excluding hydrogens is 288 g/mol. The van der Waals surface area contributed by atoms with Gasteiger partial charge in [0.25, 0.3) is 0 Å². The van der Waals surface area contributed by atoms with Crippen molar-refractivity contribution in [3.8, 4) is 0 Å². The zero-order valence-electron chi connectivity index (χ0n) is 16.2. The molecule has 23 heavy (non-hydrogen) atoms. The van der Waals surface area contributed by atoms with E-state index in [1.807, 2.05) is 13.8 Å². The summed E-state index contributed by atoms with van der Waals surface area (Å²) in [5.41, 5.74) is 0. The quantitative estimate of drug-likeness (QED) is 0.366. The summed E-state index contributed by atoms with van der Waals surface area (Å²) < 4.78 is 10.8. The van der Waals surface area contributed by atoms with Gasteiger partial charge in [0.2, 0.25) is 0 Å². The lowest BCUT2D eigenvalue weighted by atomic mass is 10.0. The molecule has 1 atom stereocenters. The van der Waals surface area contributed by atoms with Crippen LogP contribution in [0.2, 0.25) is 0 Å². The molecule has 3 nitrogen and oxygen atoms in total. The first-order valence-corrected chi connectivity index (χ1v) is 9.89. The maximum absolute atomic E-state index is 9.64. The summed E-state index contributed by atoms with van der Waals surface area (Å²) in [5, 5.41) is 9.64. The van der Waals surface area contributed by atoms with Gasteiger partial charge in [-0.2, -0.15) is 0 Å². The number of ether oxygens (including phenoxy) is 2. The molecule has 0 rings (SSSR count). The third kappa shape index (κ3) is 19.8. The normalized spacial score (nSPS) is 13.2. The Kier molecular flexibility index (Phi) is 16.6. The molecule has 1 unspecified atom stereocenters. The number of rotatable bonds is 17. The highest BCUT2D eigenvalue weighted by Gasteiger charge is 2.05. The average Bonchev–Trinajstić information content (AvgIpc) is 2.49. The molecule has 140 valence electrons. The summed E-state index contributed by atoms with van der Waals surface area (Å²) in [7, 11) is 0. The topological polar surface area (TPSA) is 38.7 Å². The van der Waals surface area contributed by atoms with E-state index in [4.69, 9.17) is 9.47 Å². The lowest BCUT2D eigenvalue weighted by Crippen LogP contribution is -2.23. The maximum Gasteiger partial charge on any atom is 0.101 e. The highest BCUT2D eigenvalue weighted by molar-refractivity contribution is 4.53. The van der Waals surface area contributed by atoms with Crippen molar-refractivity contribution in [1.82, 2.24) is 0 Å². The highest BCUT2D eigenvalue weighted by Crippen LogP contribution is 2.13. The molecule has 0 saturated heterocycles. The van der Waals surface area contributed by atoms with Gasteiger partial charge < -0.3 is 14.6 Å². The van der Waals surface area contributed by atoms with Gasteiger partial charge in [0, 0.05) is 6.61 Å². The van der Waals surface area contributed by atoms with Crippen LogP contribution in [0.15, 0.2) is 0 Å². The zero-order chi connectivity index (χ0) is 17.3. The number of aliphatic hydroxyl groups is 1. The van der Waals surface area contributed by atoms with Gasteiger partial charge in [-0.05, 0) is 26.2 Å². The lowest BCUT2D eigenvalue weighted by molar-refractivity contribution is -0.0359. The molecule has 0 aliphatic rings. The molecule has 0 heterocycles. The van der Waals surface area contributed by atoms with Crippen LogP contribution in [0.25, 0.3) is 0 Å². The molecule has 0 aromatic carbocycles. The minimum Gasteiger partial charge on any atom is -0.388 e. The third-order valence-corrected chi connectivity index (χ3v) is 4.00. The molecule has 0 spiro atoms. The van der Waals surface area contributed by atoms with E-state index in [2.05, 4.69) is 13.8 Å². The standard InChI is InChI=1S/C20H42O3/c1-18(2)14-12-10-8-6-5-7-9-11-13-15-22-16-20(21)17-23-19(3)4/h18-21H,5-17H2,1-4H3. The SMILES string of the molecule is CC(C)CCCCCCCCCCCOCC(O)COC(C)C. The van der Waals surface area contributed by atoms with Gasteiger partial charge in [-0.15, -0.1) is 0 Å². The fourth-order valence-electron chi connectivity index (χ4n) is 2.57. The largest absolute Gasteiger partial charge is 0.388 e.